The van der Waals surface area contributed by atoms with Crippen molar-refractivity contribution in [1.82, 2.24) is 25.8 Å². The van der Waals surface area contributed by atoms with Crippen molar-refractivity contribution in [3.63, 3.8) is 0 Å². The van der Waals surface area contributed by atoms with Crippen molar-refractivity contribution in [1.29, 1.82) is 0 Å². The van der Waals surface area contributed by atoms with E-state index in [4.69, 9.17) is 0 Å². The highest BCUT2D eigenvalue weighted by atomic mass is 32.2. The molecule has 0 atom stereocenters. The Kier molecular flexibility index (Phi) is 6.16. The predicted octanol–water partition coefficient (Wildman–Crippen LogP) is 2.75. The fourth-order valence-electron chi connectivity index (χ4n) is 1.61. The van der Waals surface area contributed by atoms with Gasteiger partial charge in [0.15, 0.2) is 0 Å². The molecule has 0 aliphatic heterocycles. The second-order valence-corrected chi connectivity index (χ2v) is 7.81. The van der Waals surface area contributed by atoms with Crippen LogP contribution in [-0.2, 0) is 4.79 Å². The highest BCUT2D eigenvalue weighted by Gasteiger charge is 2.16. The molecule has 3 N–H and O–H groups in total. The second kappa shape index (κ2) is 8.11. The number of hydrogen-bond acceptors (Lipinski definition) is 6. The smallest absolute Gasteiger partial charge is 0.321 e. The fourth-order valence-corrected chi connectivity index (χ4v) is 2.83. The van der Waals surface area contributed by atoms with Crippen LogP contribution in [0.3, 0.4) is 0 Å². The molecule has 0 aromatic carbocycles. The zero-order chi connectivity index (χ0) is 17.6. The SMILES string of the molecule is CC(C)(C)NC(=O)NC(=O)CSc1n[nH]c(C=Cc2cccs2)n1. The maximum absolute atomic E-state index is 11.7. The molecule has 0 unspecified atom stereocenters. The van der Waals surface area contributed by atoms with E-state index in [1.165, 1.54) is 0 Å². The van der Waals surface area contributed by atoms with Crippen molar-refractivity contribution in [2.45, 2.75) is 31.5 Å². The van der Waals surface area contributed by atoms with Crippen LogP contribution in [-0.4, -0.2) is 38.4 Å². The molecule has 9 heteroatoms. The minimum Gasteiger partial charge on any atom is -0.333 e. The molecule has 0 radical (unpaired) electrons. The van der Waals surface area contributed by atoms with Crippen LogP contribution in [0.2, 0.25) is 0 Å². The Morgan fingerprint density at radius 3 is 2.83 bits per heavy atom. The van der Waals surface area contributed by atoms with Gasteiger partial charge in [-0.25, -0.2) is 9.78 Å². The standard InChI is InChI=1S/C15H19N5O2S2/c1-15(2,3)18-13(22)17-12(21)9-24-14-16-11(19-20-14)7-6-10-5-4-8-23-10/h4-8H,9H2,1-3H3,(H,16,19,20)(H2,17,18,21,22). The highest BCUT2D eigenvalue weighted by molar-refractivity contribution is 7.99. The third-order valence-corrected chi connectivity index (χ3v) is 4.19. The molecule has 0 saturated carbocycles. The largest absolute Gasteiger partial charge is 0.333 e. The van der Waals surface area contributed by atoms with Gasteiger partial charge in [0, 0.05) is 10.4 Å². The number of thioether (sulfide) groups is 1. The van der Waals surface area contributed by atoms with Crippen LogP contribution >= 0.6 is 23.1 Å². The number of amides is 3. The first-order chi connectivity index (χ1) is 11.3. The number of rotatable bonds is 5. The van der Waals surface area contributed by atoms with Gasteiger partial charge in [0.2, 0.25) is 11.1 Å². The molecule has 2 aromatic heterocycles. The minimum atomic E-state index is -0.511. The topological polar surface area (TPSA) is 99.8 Å². The summed E-state index contributed by atoms with van der Waals surface area (Å²) in [5.41, 5.74) is -0.398. The van der Waals surface area contributed by atoms with Gasteiger partial charge in [-0.2, -0.15) is 0 Å². The monoisotopic (exact) mass is 365 g/mol. The lowest BCUT2D eigenvalue weighted by atomic mass is 10.1. The first kappa shape index (κ1) is 18.2. The zero-order valence-electron chi connectivity index (χ0n) is 13.6. The Labute approximate surface area is 148 Å². The lowest BCUT2D eigenvalue weighted by Crippen LogP contribution is -2.48. The number of hydrogen-bond donors (Lipinski definition) is 3. The van der Waals surface area contributed by atoms with Crippen molar-refractivity contribution in [2.24, 2.45) is 0 Å². The fraction of sp³-hybridized carbons (Fsp3) is 0.333. The number of carbonyl (C=O) groups is 2. The molecule has 7 nitrogen and oxygen atoms in total. The van der Waals surface area contributed by atoms with Gasteiger partial charge in [-0.3, -0.25) is 15.2 Å². The number of carbonyl (C=O) groups excluding carboxylic acids is 2. The maximum Gasteiger partial charge on any atom is 0.321 e. The quantitative estimate of drug-likeness (QED) is 0.708. The number of H-pyrrole nitrogens is 1. The van der Waals surface area contributed by atoms with Crippen molar-refractivity contribution in [3.05, 3.63) is 28.2 Å². The summed E-state index contributed by atoms with van der Waals surface area (Å²) < 4.78 is 0. The van der Waals surface area contributed by atoms with Crippen LogP contribution in [0, 0.1) is 0 Å². The summed E-state index contributed by atoms with van der Waals surface area (Å²) in [6.45, 7) is 5.51. The van der Waals surface area contributed by atoms with Crippen molar-refractivity contribution in [2.75, 3.05) is 5.75 Å². The maximum atomic E-state index is 11.7. The zero-order valence-corrected chi connectivity index (χ0v) is 15.3. The summed E-state index contributed by atoms with van der Waals surface area (Å²) in [6, 6.07) is 3.46. The summed E-state index contributed by atoms with van der Waals surface area (Å²) in [5.74, 6) is 0.266. The van der Waals surface area contributed by atoms with Gasteiger partial charge in [-0.15, -0.1) is 16.4 Å². The van der Waals surface area contributed by atoms with Crippen LogP contribution < -0.4 is 10.6 Å². The molecule has 0 aliphatic rings. The van der Waals surface area contributed by atoms with E-state index in [1.54, 1.807) is 11.3 Å². The minimum absolute atomic E-state index is 0.0590. The van der Waals surface area contributed by atoms with E-state index in [9.17, 15) is 9.59 Å². The number of aromatic amines is 1. The van der Waals surface area contributed by atoms with Gasteiger partial charge in [-0.05, 0) is 44.4 Å². The van der Waals surface area contributed by atoms with Gasteiger partial charge < -0.3 is 5.32 Å². The Morgan fingerprint density at radius 1 is 1.38 bits per heavy atom. The lowest BCUT2D eigenvalue weighted by molar-refractivity contribution is -0.117. The summed E-state index contributed by atoms with van der Waals surface area (Å²) in [5, 5.41) is 14.2. The second-order valence-electron chi connectivity index (χ2n) is 5.89. The Hall–Kier alpha value is -2.13. The van der Waals surface area contributed by atoms with E-state index in [0.717, 1.165) is 16.6 Å². The van der Waals surface area contributed by atoms with Crippen molar-refractivity contribution < 1.29 is 9.59 Å². The molecule has 0 saturated heterocycles. The summed E-state index contributed by atoms with van der Waals surface area (Å²) >= 11 is 2.78. The predicted molar refractivity (Wildman–Crippen MR) is 96.8 cm³/mol. The summed E-state index contributed by atoms with van der Waals surface area (Å²) in [7, 11) is 0. The third-order valence-electron chi connectivity index (χ3n) is 2.50. The molecule has 24 heavy (non-hydrogen) atoms. The van der Waals surface area contributed by atoms with Crippen molar-refractivity contribution >= 4 is 47.2 Å². The van der Waals surface area contributed by atoms with E-state index in [-0.39, 0.29) is 5.75 Å². The van der Waals surface area contributed by atoms with Gasteiger partial charge >= 0.3 is 6.03 Å². The van der Waals surface area contributed by atoms with E-state index >= 15 is 0 Å². The summed E-state index contributed by atoms with van der Waals surface area (Å²) in [6.07, 6.45) is 3.75. The molecule has 2 rings (SSSR count). The molecule has 3 amide bonds. The van der Waals surface area contributed by atoms with E-state index in [0.29, 0.717) is 11.0 Å². The number of nitrogens with zero attached hydrogens (tertiary/aromatic N) is 2. The molecular formula is C15H19N5O2S2. The van der Waals surface area contributed by atoms with Crippen LogP contribution in [0.25, 0.3) is 12.2 Å². The van der Waals surface area contributed by atoms with Crippen LogP contribution in [0.5, 0.6) is 0 Å². The number of thiophene rings is 1. The Balaban J connectivity index is 1.78. The van der Waals surface area contributed by atoms with Gasteiger partial charge in [-0.1, -0.05) is 17.8 Å². The number of urea groups is 1. The third kappa shape index (κ3) is 6.55. The average molecular weight is 365 g/mol. The highest BCUT2D eigenvalue weighted by Crippen LogP contribution is 2.15. The normalized spacial score (nSPS) is 11.6. The Morgan fingerprint density at radius 2 is 2.17 bits per heavy atom. The van der Waals surface area contributed by atoms with Crippen LogP contribution in [0.1, 0.15) is 31.5 Å². The lowest BCUT2D eigenvalue weighted by Gasteiger charge is -2.20. The van der Waals surface area contributed by atoms with E-state index < -0.39 is 17.5 Å². The van der Waals surface area contributed by atoms with Gasteiger partial charge in [0.1, 0.15) is 5.82 Å². The molecule has 0 fully saturated rings. The first-order valence-corrected chi connectivity index (χ1v) is 9.07. The molecule has 0 aliphatic carbocycles. The van der Waals surface area contributed by atoms with E-state index in [1.807, 2.05) is 50.4 Å². The molecular weight excluding hydrogens is 346 g/mol. The molecule has 128 valence electrons. The number of imide groups is 1. The van der Waals surface area contributed by atoms with Crippen LogP contribution in [0.4, 0.5) is 4.79 Å². The molecule has 2 aromatic rings. The first-order valence-electron chi connectivity index (χ1n) is 7.20. The summed E-state index contributed by atoms with van der Waals surface area (Å²) in [4.78, 5) is 28.7. The molecule has 0 spiro atoms. The number of aromatic nitrogens is 3. The molecule has 0 bridgehead atoms. The average Bonchev–Trinajstić information content (AvgIpc) is 3.12. The van der Waals surface area contributed by atoms with Gasteiger partial charge in [0.05, 0.1) is 5.75 Å². The van der Waals surface area contributed by atoms with Crippen molar-refractivity contribution in [3.8, 4) is 0 Å². The van der Waals surface area contributed by atoms with Crippen LogP contribution in [0.15, 0.2) is 22.7 Å². The van der Waals surface area contributed by atoms with E-state index in [2.05, 4.69) is 25.8 Å². The Bertz CT molecular complexity index is 717. The number of nitrogens with one attached hydrogen (secondary N) is 3. The van der Waals surface area contributed by atoms with Gasteiger partial charge in [0.25, 0.3) is 0 Å². The molecule has 2 heterocycles.